The summed E-state index contributed by atoms with van der Waals surface area (Å²) in [6.45, 7) is 9.89. The molecule has 2 heterocycles. The van der Waals surface area contributed by atoms with Gasteiger partial charge in [0.1, 0.15) is 6.29 Å². The molecule has 1 fully saturated rings. The molecular formula is C34H44ClN5O3S. The number of likely N-dealkylation sites (N-methyl/N-ethyl adjacent to an activating group) is 1. The number of benzene rings is 3. The van der Waals surface area contributed by atoms with E-state index in [0.717, 1.165) is 81.9 Å². The van der Waals surface area contributed by atoms with Gasteiger partial charge >= 0.3 is 0 Å². The van der Waals surface area contributed by atoms with E-state index in [1.54, 1.807) is 32.1 Å². The van der Waals surface area contributed by atoms with E-state index in [-0.39, 0.29) is 6.04 Å². The standard InChI is InChI=1S/C29H30ClN5OS.C4H10O.CH4O/c1-18-14-25-28(27(23(18)10-13-36)19-4-7-22(30)8-5-19)37-29(33-25)35-12-11-34(3)26(17-35)20-6-9-24(32-2)21(15-20)16-31;1-4(2,3)5;1-2/h4-9,13-16,26,31-32H,10-12,17H2,1-3H3;5H,1-3H3;2H,1H3. The van der Waals surface area contributed by atoms with Crippen molar-refractivity contribution in [2.75, 3.05) is 51.1 Å². The highest BCUT2D eigenvalue weighted by Gasteiger charge is 2.28. The van der Waals surface area contributed by atoms with Crippen LogP contribution in [0.2, 0.25) is 5.02 Å². The Bertz CT molecular complexity index is 1560. The number of rotatable bonds is 7. The fourth-order valence-corrected chi connectivity index (χ4v) is 6.47. The van der Waals surface area contributed by atoms with Gasteiger partial charge in [-0.2, -0.15) is 0 Å². The molecule has 3 aromatic carbocycles. The van der Waals surface area contributed by atoms with E-state index in [9.17, 15) is 4.79 Å². The summed E-state index contributed by atoms with van der Waals surface area (Å²) in [4.78, 5) is 21.4. The summed E-state index contributed by atoms with van der Waals surface area (Å²) in [5.74, 6) is 0. The van der Waals surface area contributed by atoms with Crippen LogP contribution in [-0.4, -0.2) is 79.0 Å². The molecule has 1 unspecified atom stereocenters. The largest absolute Gasteiger partial charge is 0.400 e. The van der Waals surface area contributed by atoms with Crippen LogP contribution in [0.15, 0.2) is 48.5 Å². The van der Waals surface area contributed by atoms with Gasteiger partial charge in [-0.15, -0.1) is 0 Å². The Morgan fingerprint density at radius 2 is 1.80 bits per heavy atom. The predicted octanol–water partition coefficient (Wildman–Crippen LogP) is 6.58. The molecule has 10 heteroatoms. The molecule has 44 heavy (non-hydrogen) atoms. The Balaban J connectivity index is 0.000000688. The van der Waals surface area contributed by atoms with E-state index >= 15 is 0 Å². The van der Waals surface area contributed by atoms with Crippen LogP contribution in [0.1, 0.15) is 49.1 Å². The van der Waals surface area contributed by atoms with Crippen molar-refractivity contribution in [2.45, 2.75) is 45.8 Å². The summed E-state index contributed by atoms with van der Waals surface area (Å²) in [6.07, 6.45) is 2.74. The van der Waals surface area contributed by atoms with Crippen molar-refractivity contribution in [3.63, 3.8) is 0 Å². The van der Waals surface area contributed by atoms with E-state index < -0.39 is 5.60 Å². The Morgan fingerprint density at radius 1 is 1.14 bits per heavy atom. The van der Waals surface area contributed by atoms with Gasteiger partial charge in [0, 0.05) is 68.3 Å². The fourth-order valence-electron chi connectivity index (χ4n) is 5.17. The van der Waals surface area contributed by atoms with Crippen LogP contribution >= 0.6 is 22.9 Å². The number of hydrogen-bond acceptors (Lipinski definition) is 9. The predicted molar refractivity (Wildman–Crippen MR) is 186 cm³/mol. The van der Waals surface area contributed by atoms with Crippen molar-refractivity contribution in [1.82, 2.24) is 9.88 Å². The van der Waals surface area contributed by atoms with E-state index in [1.807, 2.05) is 31.3 Å². The molecule has 0 spiro atoms. The van der Waals surface area contributed by atoms with Crippen molar-refractivity contribution in [3.8, 4) is 11.1 Å². The maximum atomic E-state index is 11.6. The minimum atomic E-state index is -0.500. The molecule has 1 saturated heterocycles. The Labute approximate surface area is 269 Å². The monoisotopic (exact) mass is 637 g/mol. The number of halogens is 1. The van der Waals surface area contributed by atoms with E-state index in [0.29, 0.717) is 11.4 Å². The van der Waals surface area contributed by atoms with Crippen molar-refractivity contribution in [1.29, 1.82) is 5.41 Å². The second-order valence-corrected chi connectivity index (χ2v) is 13.0. The van der Waals surface area contributed by atoms with Gasteiger partial charge in [-0.05, 0) is 87.3 Å². The van der Waals surface area contributed by atoms with Gasteiger partial charge in [0.25, 0.3) is 0 Å². The molecule has 8 nitrogen and oxygen atoms in total. The number of aliphatic hydroxyl groups is 2. The first-order chi connectivity index (χ1) is 20.9. The number of fused-ring (bicyclic) bond motifs is 1. The van der Waals surface area contributed by atoms with Crippen molar-refractivity contribution >= 4 is 56.5 Å². The molecule has 236 valence electrons. The highest BCUT2D eigenvalue weighted by Crippen LogP contribution is 2.41. The number of nitrogens with zero attached hydrogens (tertiary/aromatic N) is 3. The number of aldehydes is 1. The zero-order valence-corrected chi connectivity index (χ0v) is 28.2. The normalized spacial score (nSPS) is 15.1. The molecule has 4 N–H and O–H groups in total. The minimum absolute atomic E-state index is 0.188. The number of nitrogens with one attached hydrogen (secondary N) is 2. The first-order valence-corrected chi connectivity index (χ1v) is 15.7. The number of carbonyl (C=O) groups is 1. The Kier molecular flexibility index (Phi) is 12.5. The molecule has 1 aliphatic rings. The number of aryl methyl sites for hydroxylation is 1. The lowest BCUT2D eigenvalue weighted by molar-refractivity contribution is -0.107. The molecule has 1 aromatic heterocycles. The molecule has 0 amide bonds. The van der Waals surface area contributed by atoms with Crippen LogP contribution in [0, 0.1) is 12.3 Å². The third-order valence-electron chi connectivity index (χ3n) is 7.22. The van der Waals surface area contributed by atoms with E-state index in [2.05, 4.69) is 53.4 Å². The first kappa shape index (κ1) is 35.1. The van der Waals surface area contributed by atoms with Crippen molar-refractivity contribution < 1.29 is 15.0 Å². The number of carbonyl (C=O) groups excluding carboxylic acids is 1. The van der Waals surface area contributed by atoms with Gasteiger partial charge in [0.05, 0.1) is 21.9 Å². The Morgan fingerprint density at radius 3 is 2.39 bits per heavy atom. The maximum Gasteiger partial charge on any atom is 0.186 e. The second kappa shape index (κ2) is 15.6. The van der Waals surface area contributed by atoms with Gasteiger partial charge in [-0.3, -0.25) is 4.90 Å². The summed E-state index contributed by atoms with van der Waals surface area (Å²) < 4.78 is 1.10. The smallest absolute Gasteiger partial charge is 0.186 e. The zero-order chi connectivity index (χ0) is 32.6. The molecular weight excluding hydrogens is 594 g/mol. The summed E-state index contributed by atoms with van der Waals surface area (Å²) >= 11 is 7.87. The maximum absolute atomic E-state index is 11.6. The number of aliphatic hydroxyl groups excluding tert-OH is 1. The molecule has 0 aliphatic carbocycles. The quantitative estimate of drug-likeness (QED) is 0.134. The average Bonchev–Trinajstić information content (AvgIpc) is 3.41. The lowest BCUT2D eigenvalue weighted by Gasteiger charge is -2.39. The highest BCUT2D eigenvalue weighted by molar-refractivity contribution is 7.22. The zero-order valence-electron chi connectivity index (χ0n) is 26.6. The molecule has 1 aliphatic heterocycles. The van der Waals surface area contributed by atoms with Gasteiger partial charge < -0.3 is 30.6 Å². The summed E-state index contributed by atoms with van der Waals surface area (Å²) in [7, 11) is 5.04. The molecule has 1 atom stereocenters. The number of thiazole rings is 1. The number of anilines is 2. The number of hydrogen-bond donors (Lipinski definition) is 4. The van der Waals surface area contributed by atoms with Crippen LogP contribution in [0.3, 0.4) is 0 Å². The van der Waals surface area contributed by atoms with Gasteiger partial charge in [-0.1, -0.05) is 41.1 Å². The van der Waals surface area contributed by atoms with Crippen LogP contribution in [0.4, 0.5) is 10.8 Å². The van der Waals surface area contributed by atoms with E-state index in [4.69, 9.17) is 32.2 Å². The van der Waals surface area contributed by atoms with Gasteiger partial charge in [0.2, 0.25) is 0 Å². The number of aromatic nitrogens is 1. The summed E-state index contributed by atoms with van der Waals surface area (Å²) in [5, 5.41) is 28.2. The highest BCUT2D eigenvalue weighted by atomic mass is 35.5. The molecule has 0 radical (unpaired) electrons. The van der Waals surface area contributed by atoms with E-state index in [1.165, 1.54) is 11.8 Å². The molecule has 5 rings (SSSR count). The third kappa shape index (κ3) is 8.64. The van der Waals surface area contributed by atoms with Crippen molar-refractivity contribution in [2.24, 2.45) is 0 Å². The van der Waals surface area contributed by atoms with Gasteiger partial charge in [-0.25, -0.2) is 4.98 Å². The third-order valence-corrected chi connectivity index (χ3v) is 8.63. The molecule has 0 bridgehead atoms. The number of piperazine rings is 1. The molecule has 0 saturated carbocycles. The summed E-state index contributed by atoms with van der Waals surface area (Å²) in [5.41, 5.74) is 7.72. The SMILES string of the molecule is CC(C)(C)O.CNc1ccc(C2CN(c3nc4cc(C)c(CC=O)c(-c5ccc(Cl)cc5)c4s3)CCN2C)cc1C=N.CO. The average molecular weight is 638 g/mol. The lowest BCUT2D eigenvalue weighted by atomic mass is 9.93. The van der Waals surface area contributed by atoms with Crippen LogP contribution in [0.25, 0.3) is 21.3 Å². The van der Waals surface area contributed by atoms with Crippen LogP contribution < -0.4 is 10.2 Å². The van der Waals surface area contributed by atoms with Crippen LogP contribution in [0.5, 0.6) is 0 Å². The molecule has 4 aromatic rings. The van der Waals surface area contributed by atoms with Crippen molar-refractivity contribution in [3.05, 3.63) is 75.8 Å². The minimum Gasteiger partial charge on any atom is -0.400 e. The second-order valence-electron chi connectivity index (χ2n) is 11.6. The van der Waals surface area contributed by atoms with Crippen LogP contribution in [-0.2, 0) is 11.2 Å². The fraction of sp³-hybridized carbons (Fsp3) is 0.382. The summed E-state index contributed by atoms with van der Waals surface area (Å²) in [6, 6.07) is 16.4. The Hall–Kier alpha value is -3.34. The topological polar surface area (TPSA) is 113 Å². The lowest BCUT2D eigenvalue weighted by Crippen LogP contribution is -2.46. The first-order valence-electron chi connectivity index (χ1n) is 14.5. The van der Waals surface area contributed by atoms with Gasteiger partial charge in [0.15, 0.2) is 5.13 Å².